The minimum atomic E-state index is -0.866. The number of aromatic nitrogens is 1. The molecule has 0 radical (unpaired) electrons. The number of pyridine rings is 1. The number of hydrogen-bond acceptors (Lipinski definition) is 5. The minimum Gasteiger partial charge on any atom is -0.494 e. The quantitative estimate of drug-likeness (QED) is 0.510. The molecule has 9 heteroatoms. The van der Waals surface area contributed by atoms with E-state index in [-0.39, 0.29) is 18.8 Å². The fraction of sp³-hybridized carbons (Fsp3) is 0.190. The summed E-state index contributed by atoms with van der Waals surface area (Å²) in [6.45, 7) is 2.89. The molecular formula is C21H19F2N5O2. The Hall–Kier alpha value is -3.93. The molecule has 30 heavy (non-hydrogen) atoms. The first kappa shape index (κ1) is 20.8. The molecular weight excluding hydrogens is 392 g/mol. The average molecular weight is 411 g/mol. The summed E-state index contributed by atoms with van der Waals surface area (Å²) in [6, 6.07) is 11.5. The van der Waals surface area contributed by atoms with Crippen LogP contribution >= 0.6 is 0 Å². The molecule has 154 valence electrons. The molecule has 0 unspecified atom stereocenters. The van der Waals surface area contributed by atoms with Gasteiger partial charge >= 0.3 is 6.03 Å². The number of nitriles is 1. The van der Waals surface area contributed by atoms with Gasteiger partial charge in [0.2, 0.25) is 0 Å². The molecule has 7 nitrogen and oxygen atoms in total. The van der Waals surface area contributed by atoms with Crippen LogP contribution in [0.1, 0.15) is 12.5 Å². The van der Waals surface area contributed by atoms with Gasteiger partial charge in [0.1, 0.15) is 29.3 Å². The van der Waals surface area contributed by atoms with Crippen LogP contribution in [-0.2, 0) is 0 Å². The van der Waals surface area contributed by atoms with E-state index in [2.05, 4.69) is 27.0 Å². The van der Waals surface area contributed by atoms with E-state index in [0.29, 0.717) is 35.3 Å². The molecule has 0 saturated heterocycles. The number of amides is 2. The Morgan fingerprint density at radius 3 is 2.73 bits per heavy atom. The lowest BCUT2D eigenvalue weighted by atomic mass is 10.1. The Balaban J connectivity index is 1.58. The number of fused-ring (bicyclic) bond motifs is 1. The van der Waals surface area contributed by atoms with E-state index in [1.807, 2.05) is 13.0 Å². The lowest BCUT2D eigenvalue weighted by Gasteiger charge is -2.11. The molecule has 1 heterocycles. The van der Waals surface area contributed by atoms with Crippen molar-refractivity contribution in [2.24, 2.45) is 0 Å². The minimum absolute atomic E-state index is 0.128. The fourth-order valence-electron chi connectivity index (χ4n) is 2.75. The maximum atomic E-state index is 13.6. The van der Waals surface area contributed by atoms with E-state index in [0.717, 1.165) is 17.5 Å². The molecule has 0 fully saturated rings. The van der Waals surface area contributed by atoms with Crippen LogP contribution in [0.4, 0.5) is 25.1 Å². The molecule has 0 aliphatic carbocycles. The molecule has 1 aromatic heterocycles. The van der Waals surface area contributed by atoms with Crippen LogP contribution in [0.5, 0.6) is 5.75 Å². The van der Waals surface area contributed by atoms with Crippen LogP contribution in [0, 0.1) is 23.0 Å². The summed E-state index contributed by atoms with van der Waals surface area (Å²) in [4.78, 5) is 16.3. The monoisotopic (exact) mass is 411 g/mol. The van der Waals surface area contributed by atoms with Gasteiger partial charge in [-0.15, -0.1) is 0 Å². The van der Waals surface area contributed by atoms with Crippen molar-refractivity contribution in [1.29, 1.82) is 5.26 Å². The van der Waals surface area contributed by atoms with Gasteiger partial charge in [0.15, 0.2) is 0 Å². The Morgan fingerprint density at radius 1 is 1.17 bits per heavy atom. The van der Waals surface area contributed by atoms with Gasteiger partial charge in [0, 0.05) is 24.5 Å². The molecule has 3 rings (SSSR count). The molecule has 3 N–H and O–H groups in total. The van der Waals surface area contributed by atoms with Crippen molar-refractivity contribution in [3.05, 3.63) is 59.7 Å². The van der Waals surface area contributed by atoms with Crippen LogP contribution in [0.25, 0.3) is 10.9 Å². The van der Waals surface area contributed by atoms with Gasteiger partial charge < -0.3 is 20.7 Å². The van der Waals surface area contributed by atoms with Gasteiger partial charge in [-0.3, -0.25) is 0 Å². The summed E-state index contributed by atoms with van der Waals surface area (Å²) in [5, 5.41) is 18.0. The first-order chi connectivity index (χ1) is 14.5. The third kappa shape index (κ3) is 5.11. The zero-order valence-electron chi connectivity index (χ0n) is 16.1. The molecule has 0 atom stereocenters. The highest BCUT2D eigenvalue weighted by Gasteiger charge is 2.09. The predicted molar refractivity (Wildman–Crippen MR) is 109 cm³/mol. The number of halogens is 2. The zero-order valence-corrected chi connectivity index (χ0v) is 16.1. The molecule has 0 aliphatic heterocycles. The molecule has 2 amide bonds. The van der Waals surface area contributed by atoms with Crippen molar-refractivity contribution in [3.63, 3.8) is 0 Å². The van der Waals surface area contributed by atoms with E-state index < -0.39 is 17.7 Å². The maximum absolute atomic E-state index is 13.6. The van der Waals surface area contributed by atoms with Crippen molar-refractivity contribution in [1.82, 2.24) is 10.3 Å². The van der Waals surface area contributed by atoms with Crippen molar-refractivity contribution in [2.75, 3.05) is 30.3 Å². The van der Waals surface area contributed by atoms with Gasteiger partial charge in [-0.1, -0.05) is 0 Å². The summed E-state index contributed by atoms with van der Waals surface area (Å²) in [6.07, 6.45) is 0. The van der Waals surface area contributed by atoms with E-state index in [4.69, 9.17) is 4.74 Å². The van der Waals surface area contributed by atoms with E-state index in [1.54, 1.807) is 18.2 Å². The van der Waals surface area contributed by atoms with Crippen molar-refractivity contribution in [2.45, 2.75) is 6.92 Å². The van der Waals surface area contributed by atoms with E-state index >= 15 is 0 Å². The molecule has 0 bridgehead atoms. The van der Waals surface area contributed by atoms with Crippen molar-refractivity contribution >= 4 is 28.4 Å². The van der Waals surface area contributed by atoms with Gasteiger partial charge in [-0.2, -0.15) is 5.26 Å². The summed E-state index contributed by atoms with van der Waals surface area (Å²) >= 11 is 0. The number of hydrogen-bond donors (Lipinski definition) is 3. The average Bonchev–Trinajstić information content (AvgIpc) is 2.73. The molecule has 0 spiro atoms. The lowest BCUT2D eigenvalue weighted by molar-refractivity contribution is 0.252. The predicted octanol–water partition coefficient (Wildman–Crippen LogP) is 4.02. The highest BCUT2D eigenvalue weighted by Crippen LogP contribution is 2.24. The smallest absolute Gasteiger partial charge is 0.319 e. The van der Waals surface area contributed by atoms with Crippen LogP contribution in [-0.4, -0.2) is 30.7 Å². The van der Waals surface area contributed by atoms with Gasteiger partial charge in [-0.25, -0.2) is 18.6 Å². The second-order valence-electron chi connectivity index (χ2n) is 6.22. The van der Waals surface area contributed by atoms with Crippen LogP contribution in [0.2, 0.25) is 0 Å². The second kappa shape index (κ2) is 9.52. The van der Waals surface area contributed by atoms with E-state index in [1.165, 1.54) is 0 Å². The Kier molecular flexibility index (Phi) is 6.60. The molecule has 0 aliphatic rings. The first-order valence-corrected chi connectivity index (χ1v) is 9.21. The Bertz CT molecular complexity index is 1110. The summed E-state index contributed by atoms with van der Waals surface area (Å²) in [7, 11) is 0. The second-order valence-corrected chi connectivity index (χ2v) is 6.22. The Morgan fingerprint density at radius 2 is 2.00 bits per heavy atom. The van der Waals surface area contributed by atoms with E-state index in [9.17, 15) is 18.8 Å². The van der Waals surface area contributed by atoms with Crippen LogP contribution in [0.3, 0.4) is 0 Å². The summed E-state index contributed by atoms with van der Waals surface area (Å²) in [5.74, 6) is -0.507. The van der Waals surface area contributed by atoms with Gasteiger partial charge in [-0.05, 0) is 43.3 Å². The molecule has 0 saturated carbocycles. The fourth-order valence-corrected chi connectivity index (χ4v) is 2.75. The van der Waals surface area contributed by atoms with Crippen molar-refractivity contribution in [3.8, 4) is 11.8 Å². The highest BCUT2D eigenvalue weighted by atomic mass is 19.1. The number of rotatable bonds is 7. The third-order valence-electron chi connectivity index (χ3n) is 4.10. The number of carbonyl (C=O) groups excluding carboxylic acids is 1. The van der Waals surface area contributed by atoms with Crippen LogP contribution in [0.15, 0.2) is 42.5 Å². The molecule has 2 aromatic carbocycles. The number of anilines is 2. The molecule has 3 aromatic rings. The number of urea groups is 1. The first-order valence-electron chi connectivity index (χ1n) is 9.21. The SMILES string of the molecule is CCOc1ccc2nc(NCCNC(=O)Nc3ccc(F)cc3F)c(C#N)cc2c1. The normalized spacial score (nSPS) is 10.3. The largest absolute Gasteiger partial charge is 0.494 e. The topological polar surface area (TPSA) is 99.1 Å². The maximum Gasteiger partial charge on any atom is 0.319 e. The third-order valence-corrected chi connectivity index (χ3v) is 4.10. The zero-order chi connectivity index (χ0) is 21.5. The number of nitrogens with zero attached hydrogens (tertiary/aromatic N) is 2. The Labute approximate surface area is 171 Å². The highest BCUT2D eigenvalue weighted by molar-refractivity contribution is 5.89. The number of ether oxygens (including phenoxy) is 1. The number of carbonyl (C=O) groups is 1. The standard InChI is InChI=1S/C21H19F2N5O2/c1-2-30-16-4-6-18-13(10-16)9-14(12-24)20(27-18)25-7-8-26-21(29)28-19-5-3-15(22)11-17(19)23/h3-6,9-11H,2,7-8H2,1H3,(H,25,27)(H2,26,28,29). The van der Waals surface area contributed by atoms with Gasteiger partial charge in [0.05, 0.1) is 23.4 Å². The van der Waals surface area contributed by atoms with Crippen molar-refractivity contribution < 1.29 is 18.3 Å². The summed E-state index contributed by atoms with van der Waals surface area (Å²) < 4.78 is 31.9. The number of benzene rings is 2. The summed E-state index contributed by atoms with van der Waals surface area (Å²) in [5.41, 5.74) is 0.919. The van der Waals surface area contributed by atoms with Gasteiger partial charge in [0.25, 0.3) is 0 Å². The van der Waals surface area contributed by atoms with Crippen LogP contribution < -0.4 is 20.7 Å². The number of nitrogens with one attached hydrogen (secondary N) is 3. The lowest BCUT2D eigenvalue weighted by Crippen LogP contribution is -2.33.